The van der Waals surface area contributed by atoms with Crippen molar-refractivity contribution in [1.29, 1.82) is 0 Å². The van der Waals surface area contributed by atoms with Gasteiger partial charge in [-0.3, -0.25) is 9.48 Å². The normalized spacial score (nSPS) is 12.5. The molecule has 0 saturated carbocycles. The third-order valence-electron chi connectivity index (χ3n) is 3.78. The number of amides is 1. The van der Waals surface area contributed by atoms with Gasteiger partial charge in [-0.2, -0.15) is 5.10 Å². The van der Waals surface area contributed by atoms with Crippen molar-refractivity contribution in [3.63, 3.8) is 0 Å². The summed E-state index contributed by atoms with van der Waals surface area (Å²) in [5, 5.41) is 17.6. The monoisotopic (exact) mass is 335 g/mol. The van der Waals surface area contributed by atoms with Crippen molar-refractivity contribution in [1.82, 2.24) is 15.1 Å². The standard InChI is InChI=1S/C17H22ClN3O2/c1-10(2)15-14(16(18)21(4)20-15)17(23)19-9-13(22)12-8-6-5-7-11(12)3/h5-8,10,13,22H,9H2,1-4H3,(H,19,23). The number of aliphatic hydroxyl groups is 1. The maximum Gasteiger partial charge on any atom is 0.256 e. The van der Waals surface area contributed by atoms with Crippen LogP contribution in [-0.4, -0.2) is 27.3 Å². The quantitative estimate of drug-likeness (QED) is 0.882. The molecular formula is C17H22ClN3O2. The lowest BCUT2D eigenvalue weighted by atomic mass is 10.0. The van der Waals surface area contributed by atoms with Crippen LogP contribution in [0, 0.1) is 6.92 Å². The van der Waals surface area contributed by atoms with Gasteiger partial charge in [-0.15, -0.1) is 0 Å². The minimum atomic E-state index is -0.766. The molecule has 0 fully saturated rings. The van der Waals surface area contributed by atoms with Crippen LogP contribution >= 0.6 is 11.6 Å². The fourth-order valence-electron chi connectivity index (χ4n) is 2.49. The highest BCUT2D eigenvalue weighted by molar-refractivity contribution is 6.33. The Morgan fingerprint density at radius 3 is 2.65 bits per heavy atom. The molecule has 0 aliphatic carbocycles. The van der Waals surface area contributed by atoms with Crippen LogP contribution in [0.4, 0.5) is 0 Å². The van der Waals surface area contributed by atoms with E-state index in [1.54, 1.807) is 7.05 Å². The molecule has 1 amide bonds. The molecule has 0 bridgehead atoms. The number of halogens is 1. The highest BCUT2D eigenvalue weighted by Crippen LogP contribution is 2.25. The summed E-state index contributed by atoms with van der Waals surface area (Å²) in [6, 6.07) is 7.55. The van der Waals surface area contributed by atoms with Crippen LogP contribution < -0.4 is 5.32 Å². The largest absolute Gasteiger partial charge is 0.387 e. The Hall–Kier alpha value is -1.85. The number of rotatable bonds is 5. The van der Waals surface area contributed by atoms with Crippen molar-refractivity contribution in [3.05, 3.63) is 51.8 Å². The summed E-state index contributed by atoms with van der Waals surface area (Å²) in [5.74, 6) is -0.241. The van der Waals surface area contributed by atoms with Crippen LogP contribution in [0.2, 0.25) is 5.15 Å². The van der Waals surface area contributed by atoms with E-state index in [0.717, 1.165) is 11.1 Å². The molecule has 1 aromatic carbocycles. The third-order valence-corrected chi connectivity index (χ3v) is 4.22. The van der Waals surface area contributed by atoms with E-state index in [2.05, 4.69) is 10.4 Å². The highest BCUT2D eigenvalue weighted by atomic mass is 35.5. The first-order valence-corrected chi connectivity index (χ1v) is 7.94. The van der Waals surface area contributed by atoms with Gasteiger partial charge in [0.05, 0.1) is 17.4 Å². The van der Waals surface area contributed by atoms with Crippen molar-refractivity contribution in [2.75, 3.05) is 6.54 Å². The molecule has 0 aliphatic rings. The van der Waals surface area contributed by atoms with Gasteiger partial charge < -0.3 is 10.4 Å². The van der Waals surface area contributed by atoms with Crippen LogP contribution in [0.25, 0.3) is 0 Å². The molecule has 124 valence electrons. The first kappa shape index (κ1) is 17.5. The second-order valence-electron chi connectivity index (χ2n) is 5.91. The van der Waals surface area contributed by atoms with Crippen molar-refractivity contribution < 1.29 is 9.90 Å². The van der Waals surface area contributed by atoms with Gasteiger partial charge in [0, 0.05) is 13.6 Å². The van der Waals surface area contributed by atoms with Gasteiger partial charge in [0.25, 0.3) is 5.91 Å². The van der Waals surface area contributed by atoms with Crippen LogP contribution in [0.1, 0.15) is 53.0 Å². The fourth-order valence-corrected chi connectivity index (χ4v) is 2.71. The van der Waals surface area contributed by atoms with E-state index >= 15 is 0 Å². The summed E-state index contributed by atoms with van der Waals surface area (Å²) in [5.41, 5.74) is 2.81. The Labute approximate surface area is 141 Å². The van der Waals surface area contributed by atoms with Crippen LogP contribution in [-0.2, 0) is 7.05 Å². The molecule has 0 aliphatic heterocycles. The van der Waals surface area contributed by atoms with Gasteiger partial charge in [0.2, 0.25) is 0 Å². The lowest BCUT2D eigenvalue weighted by Crippen LogP contribution is -2.29. The summed E-state index contributed by atoms with van der Waals surface area (Å²) < 4.78 is 1.49. The van der Waals surface area contributed by atoms with Crippen molar-refractivity contribution in [2.45, 2.75) is 32.8 Å². The van der Waals surface area contributed by atoms with Gasteiger partial charge in [-0.25, -0.2) is 0 Å². The number of aromatic nitrogens is 2. The summed E-state index contributed by atoms with van der Waals surface area (Å²) in [6.07, 6.45) is -0.766. The zero-order valence-corrected chi connectivity index (χ0v) is 14.6. The minimum Gasteiger partial charge on any atom is -0.387 e. The first-order valence-electron chi connectivity index (χ1n) is 7.57. The summed E-state index contributed by atoms with van der Waals surface area (Å²) >= 11 is 6.19. The molecule has 2 aromatic rings. The predicted molar refractivity (Wildman–Crippen MR) is 90.8 cm³/mol. The number of nitrogens with zero attached hydrogens (tertiary/aromatic N) is 2. The van der Waals surface area contributed by atoms with E-state index in [4.69, 9.17) is 11.6 Å². The second-order valence-corrected chi connectivity index (χ2v) is 6.27. The molecule has 2 N–H and O–H groups in total. The van der Waals surface area contributed by atoms with Crippen LogP contribution in [0.15, 0.2) is 24.3 Å². The SMILES string of the molecule is Cc1ccccc1C(O)CNC(=O)c1c(C(C)C)nn(C)c1Cl. The molecule has 0 radical (unpaired) electrons. The van der Waals surface area contributed by atoms with Gasteiger partial charge in [-0.05, 0) is 24.0 Å². The lowest BCUT2D eigenvalue weighted by molar-refractivity contribution is 0.0914. The molecule has 2 rings (SSSR count). The number of benzene rings is 1. The molecular weight excluding hydrogens is 314 g/mol. The Morgan fingerprint density at radius 2 is 2.04 bits per heavy atom. The van der Waals surface area contributed by atoms with Gasteiger partial charge >= 0.3 is 0 Å². The van der Waals surface area contributed by atoms with Crippen molar-refractivity contribution >= 4 is 17.5 Å². The predicted octanol–water partition coefficient (Wildman–Crippen LogP) is 2.97. The molecule has 6 heteroatoms. The molecule has 1 atom stereocenters. The number of hydrogen-bond acceptors (Lipinski definition) is 3. The van der Waals surface area contributed by atoms with Gasteiger partial charge in [-0.1, -0.05) is 49.7 Å². The number of carbonyl (C=O) groups excluding carboxylic acids is 1. The summed E-state index contributed by atoms with van der Waals surface area (Å²) in [6.45, 7) is 5.96. The number of aryl methyl sites for hydroxylation is 2. The van der Waals surface area contributed by atoms with E-state index in [-0.39, 0.29) is 18.4 Å². The highest BCUT2D eigenvalue weighted by Gasteiger charge is 2.24. The molecule has 1 heterocycles. The molecule has 23 heavy (non-hydrogen) atoms. The van der Waals surface area contributed by atoms with Crippen LogP contribution in [0.5, 0.6) is 0 Å². The maximum absolute atomic E-state index is 12.5. The zero-order valence-electron chi connectivity index (χ0n) is 13.8. The van der Waals surface area contributed by atoms with E-state index < -0.39 is 6.10 Å². The van der Waals surface area contributed by atoms with Crippen molar-refractivity contribution in [3.8, 4) is 0 Å². The van der Waals surface area contributed by atoms with E-state index in [0.29, 0.717) is 16.4 Å². The Kier molecular flexibility index (Phi) is 5.44. The number of carbonyl (C=O) groups is 1. The fraction of sp³-hybridized carbons (Fsp3) is 0.412. The minimum absolute atomic E-state index is 0.0794. The Bertz CT molecular complexity index is 710. The summed E-state index contributed by atoms with van der Waals surface area (Å²) in [4.78, 5) is 12.5. The Morgan fingerprint density at radius 1 is 1.39 bits per heavy atom. The lowest BCUT2D eigenvalue weighted by Gasteiger charge is -2.15. The van der Waals surface area contributed by atoms with Gasteiger partial charge in [0.15, 0.2) is 0 Å². The first-order chi connectivity index (χ1) is 10.8. The molecule has 0 saturated heterocycles. The molecule has 0 spiro atoms. The third kappa shape index (κ3) is 3.74. The van der Waals surface area contributed by atoms with E-state index in [9.17, 15) is 9.90 Å². The second kappa shape index (κ2) is 7.15. The smallest absolute Gasteiger partial charge is 0.256 e. The average molecular weight is 336 g/mol. The Balaban J connectivity index is 2.13. The van der Waals surface area contributed by atoms with Gasteiger partial charge in [0.1, 0.15) is 5.15 Å². The molecule has 1 aromatic heterocycles. The summed E-state index contributed by atoms with van der Waals surface area (Å²) in [7, 11) is 1.70. The number of nitrogens with one attached hydrogen (secondary N) is 1. The molecule has 5 nitrogen and oxygen atoms in total. The van der Waals surface area contributed by atoms with E-state index in [1.165, 1.54) is 4.68 Å². The number of hydrogen-bond donors (Lipinski definition) is 2. The zero-order chi connectivity index (χ0) is 17.1. The number of aliphatic hydroxyl groups excluding tert-OH is 1. The average Bonchev–Trinajstić information content (AvgIpc) is 2.81. The molecule has 1 unspecified atom stereocenters. The van der Waals surface area contributed by atoms with E-state index in [1.807, 2.05) is 45.0 Å². The van der Waals surface area contributed by atoms with Crippen LogP contribution in [0.3, 0.4) is 0 Å². The topological polar surface area (TPSA) is 67.2 Å². The maximum atomic E-state index is 12.5. The van der Waals surface area contributed by atoms with Crippen molar-refractivity contribution in [2.24, 2.45) is 7.05 Å².